The number of amides is 1. The van der Waals surface area contributed by atoms with Crippen LogP contribution in [0.25, 0.3) is 0 Å². The van der Waals surface area contributed by atoms with Gasteiger partial charge in [0.05, 0.1) is 0 Å². The molecule has 4 heteroatoms. The fourth-order valence-electron chi connectivity index (χ4n) is 1.94. The van der Waals surface area contributed by atoms with Crippen molar-refractivity contribution in [1.29, 1.82) is 0 Å². The van der Waals surface area contributed by atoms with Crippen LogP contribution in [0.4, 0.5) is 0 Å². The van der Waals surface area contributed by atoms with Gasteiger partial charge in [0, 0.05) is 24.5 Å². The van der Waals surface area contributed by atoms with E-state index in [0.717, 1.165) is 24.4 Å². The highest BCUT2D eigenvalue weighted by Gasteiger charge is 2.15. The van der Waals surface area contributed by atoms with Gasteiger partial charge in [-0.2, -0.15) is 0 Å². The minimum atomic E-state index is 0.197. The van der Waals surface area contributed by atoms with Gasteiger partial charge < -0.3 is 10.2 Å². The third-order valence-corrected chi connectivity index (χ3v) is 3.57. The Bertz CT molecular complexity index is 392. The molecule has 0 fully saturated rings. The number of nitrogens with one attached hydrogen (secondary N) is 1. The van der Waals surface area contributed by atoms with Crippen LogP contribution < -0.4 is 5.32 Å². The molecule has 1 N–H and O–H groups in total. The Balaban J connectivity index is 2.45. The maximum Gasteiger partial charge on any atom is 0.222 e. The number of likely N-dealkylation sites (N-methyl/N-ethyl adjacent to an activating group) is 1. The van der Waals surface area contributed by atoms with Crippen LogP contribution in [0.5, 0.6) is 0 Å². The second-order valence-electron chi connectivity index (χ2n) is 4.89. The first kappa shape index (κ1) is 16.0. The molecule has 0 aliphatic carbocycles. The largest absolute Gasteiger partial charge is 0.343 e. The molecule has 0 saturated heterocycles. The first-order valence-electron chi connectivity index (χ1n) is 6.69. The fraction of sp³-hybridized carbons (Fsp3) is 0.533. The van der Waals surface area contributed by atoms with Gasteiger partial charge in [0.15, 0.2) is 0 Å². The molecular formula is C15H23ClN2O. The predicted molar refractivity (Wildman–Crippen MR) is 80.5 cm³/mol. The van der Waals surface area contributed by atoms with E-state index in [0.29, 0.717) is 6.42 Å². The Kier molecular flexibility index (Phi) is 6.89. The number of rotatable bonds is 7. The minimum absolute atomic E-state index is 0.197. The lowest BCUT2D eigenvalue weighted by molar-refractivity contribution is -0.131. The van der Waals surface area contributed by atoms with Crippen LogP contribution in [-0.4, -0.2) is 37.5 Å². The van der Waals surface area contributed by atoms with Crippen LogP contribution in [0.2, 0.25) is 5.02 Å². The highest BCUT2D eigenvalue weighted by Crippen LogP contribution is 2.13. The molecule has 0 spiro atoms. The Morgan fingerprint density at radius 1 is 1.37 bits per heavy atom. The first-order chi connectivity index (χ1) is 9.04. The summed E-state index contributed by atoms with van der Waals surface area (Å²) in [5, 5.41) is 3.80. The van der Waals surface area contributed by atoms with Gasteiger partial charge in [-0.25, -0.2) is 0 Å². The predicted octanol–water partition coefficient (Wildman–Crippen LogP) is 2.73. The SMILES string of the molecule is CNCCCC(=O)N(C)C(C)Cc1ccc(Cl)cc1. The van der Waals surface area contributed by atoms with Crippen LogP contribution in [0.3, 0.4) is 0 Å². The maximum atomic E-state index is 12.0. The molecule has 0 aliphatic heterocycles. The van der Waals surface area contributed by atoms with E-state index in [-0.39, 0.29) is 11.9 Å². The first-order valence-corrected chi connectivity index (χ1v) is 7.07. The van der Waals surface area contributed by atoms with Gasteiger partial charge in [-0.1, -0.05) is 23.7 Å². The number of hydrogen-bond donors (Lipinski definition) is 1. The molecule has 3 nitrogen and oxygen atoms in total. The van der Waals surface area contributed by atoms with E-state index in [1.165, 1.54) is 5.56 Å². The van der Waals surface area contributed by atoms with Crippen LogP contribution in [0, 0.1) is 0 Å². The van der Waals surface area contributed by atoms with Crippen molar-refractivity contribution in [3.63, 3.8) is 0 Å². The van der Waals surface area contributed by atoms with E-state index in [2.05, 4.69) is 12.2 Å². The van der Waals surface area contributed by atoms with Gasteiger partial charge in [-0.3, -0.25) is 4.79 Å². The van der Waals surface area contributed by atoms with E-state index < -0.39 is 0 Å². The molecular weight excluding hydrogens is 260 g/mol. The summed E-state index contributed by atoms with van der Waals surface area (Å²) in [6.07, 6.45) is 2.33. The number of halogens is 1. The smallest absolute Gasteiger partial charge is 0.222 e. The second-order valence-corrected chi connectivity index (χ2v) is 5.33. The zero-order valence-corrected chi connectivity index (χ0v) is 12.7. The molecule has 1 aromatic rings. The zero-order valence-electron chi connectivity index (χ0n) is 11.9. The Morgan fingerprint density at radius 2 is 2.00 bits per heavy atom. The summed E-state index contributed by atoms with van der Waals surface area (Å²) in [6, 6.07) is 8.00. The molecule has 0 heterocycles. The van der Waals surface area contributed by atoms with Crippen LogP contribution in [0.1, 0.15) is 25.3 Å². The standard InChI is InChI=1S/C15H23ClN2O/c1-12(11-13-6-8-14(16)9-7-13)18(3)15(19)5-4-10-17-2/h6-9,12,17H,4-5,10-11H2,1-3H3. The maximum absolute atomic E-state index is 12.0. The number of hydrogen-bond acceptors (Lipinski definition) is 2. The van der Waals surface area contributed by atoms with Crippen molar-refractivity contribution >= 4 is 17.5 Å². The van der Waals surface area contributed by atoms with Gasteiger partial charge >= 0.3 is 0 Å². The molecule has 0 saturated carbocycles. The van der Waals surface area contributed by atoms with Crippen molar-refractivity contribution in [2.45, 2.75) is 32.2 Å². The van der Waals surface area contributed by atoms with E-state index >= 15 is 0 Å². The molecule has 0 aromatic heterocycles. The molecule has 1 unspecified atom stereocenters. The summed E-state index contributed by atoms with van der Waals surface area (Å²) in [5.74, 6) is 0.205. The Hall–Kier alpha value is -1.06. The van der Waals surface area contributed by atoms with E-state index in [1.807, 2.05) is 43.3 Å². The van der Waals surface area contributed by atoms with Crippen LogP contribution in [0.15, 0.2) is 24.3 Å². The Morgan fingerprint density at radius 3 is 2.58 bits per heavy atom. The molecule has 1 atom stereocenters. The quantitative estimate of drug-likeness (QED) is 0.780. The molecule has 1 amide bonds. The molecule has 0 aliphatic rings. The van der Waals surface area contributed by atoms with Crippen LogP contribution in [-0.2, 0) is 11.2 Å². The Labute approximate surface area is 120 Å². The zero-order chi connectivity index (χ0) is 14.3. The monoisotopic (exact) mass is 282 g/mol. The number of carbonyl (C=O) groups excluding carboxylic acids is 1. The summed E-state index contributed by atoms with van der Waals surface area (Å²) in [6.45, 7) is 2.95. The molecule has 106 valence electrons. The minimum Gasteiger partial charge on any atom is -0.343 e. The average molecular weight is 283 g/mol. The van der Waals surface area contributed by atoms with Crippen molar-refractivity contribution in [3.8, 4) is 0 Å². The van der Waals surface area contributed by atoms with Gasteiger partial charge in [0.1, 0.15) is 0 Å². The lowest BCUT2D eigenvalue weighted by Crippen LogP contribution is -2.36. The van der Waals surface area contributed by atoms with Crippen molar-refractivity contribution < 1.29 is 4.79 Å². The lowest BCUT2D eigenvalue weighted by Gasteiger charge is -2.25. The van der Waals surface area contributed by atoms with Crippen molar-refractivity contribution in [2.75, 3.05) is 20.6 Å². The molecule has 19 heavy (non-hydrogen) atoms. The third kappa shape index (κ3) is 5.62. The van der Waals surface area contributed by atoms with Gasteiger partial charge in [-0.15, -0.1) is 0 Å². The number of nitrogens with zero attached hydrogens (tertiary/aromatic N) is 1. The number of carbonyl (C=O) groups is 1. The van der Waals surface area contributed by atoms with Gasteiger partial charge in [0.25, 0.3) is 0 Å². The summed E-state index contributed by atoms with van der Waals surface area (Å²) >= 11 is 5.86. The van der Waals surface area contributed by atoms with E-state index in [9.17, 15) is 4.79 Å². The highest BCUT2D eigenvalue weighted by atomic mass is 35.5. The number of benzene rings is 1. The molecule has 0 bridgehead atoms. The highest BCUT2D eigenvalue weighted by molar-refractivity contribution is 6.30. The summed E-state index contributed by atoms with van der Waals surface area (Å²) in [7, 11) is 3.78. The van der Waals surface area contributed by atoms with E-state index in [1.54, 1.807) is 0 Å². The van der Waals surface area contributed by atoms with Gasteiger partial charge in [0.2, 0.25) is 5.91 Å². The lowest BCUT2D eigenvalue weighted by atomic mass is 10.1. The molecule has 1 aromatic carbocycles. The third-order valence-electron chi connectivity index (χ3n) is 3.32. The topological polar surface area (TPSA) is 32.3 Å². The van der Waals surface area contributed by atoms with Crippen molar-refractivity contribution in [2.24, 2.45) is 0 Å². The summed E-state index contributed by atoms with van der Waals surface area (Å²) in [5.41, 5.74) is 1.20. The molecule has 0 radical (unpaired) electrons. The molecule has 1 rings (SSSR count). The summed E-state index contributed by atoms with van der Waals surface area (Å²) < 4.78 is 0. The second kappa shape index (κ2) is 8.18. The summed E-state index contributed by atoms with van der Waals surface area (Å²) in [4.78, 5) is 13.8. The van der Waals surface area contributed by atoms with Gasteiger partial charge in [-0.05, 0) is 51.1 Å². The van der Waals surface area contributed by atoms with Crippen LogP contribution >= 0.6 is 11.6 Å². The van der Waals surface area contributed by atoms with Crippen molar-refractivity contribution in [1.82, 2.24) is 10.2 Å². The normalized spacial score (nSPS) is 12.2. The average Bonchev–Trinajstić information content (AvgIpc) is 2.40. The fourth-order valence-corrected chi connectivity index (χ4v) is 2.06. The van der Waals surface area contributed by atoms with Crippen molar-refractivity contribution in [3.05, 3.63) is 34.9 Å². The van der Waals surface area contributed by atoms with E-state index in [4.69, 9.17) is 11.6 Å².